The van der Waals surface area contributed by atoms with Crippen LogP contribution in [0.25, 0.3) is 0 Å². The molecule has 0 bridgehead atoms. The highest BCUT2D eigenvalue weighted by molar-refractivity contribution is 5.32. The van der Waals surface area contributed by atoms with Crippen molar-refractivity contribution in [3.8, 4) is 5.75 Å². The lowest BCUT2D eigenvalue weighted by molar-refractivity contribution is 0.414. The summed E-state index contributed by atoms with van der Waals surface area (Å²) < 4.78 is 5.22. The summed E-state index contributed by atoms with van der Waals surface area (Å²) in [4.78, 5) is 0. The van der Waals surface area contributed by atoms with E-state index in [-0.39, 0.29) is 6.04 Å². The minimum absolute atomic E-state index is 0.00176. The molecule has 0 saturated heterocycles. The minimum Gasteiger partial charge on any atom is -0.497 e. The minimum atomic E-state index is 0.00176. The summed E-state index contributed by atoms with van der Waals surface area (Å²) in [5.74, 6) is 0.854. The monoisotopic (exact) mass is 241 g/mol. The molecule has 18 heavy (non-hydrogen) atoms. The van der Waals surface area contributed by atoms with Crippen molar-refractivity contribution in [1.82, 2.24) is 0 Å². The van der Waals surface area contributed by atoms with E-state index in [1.165, 1.54) is 11.1 Å². The Morgan fingerprint density at radius 2 is 1.89 bits per heavy atom. The molecule has 0 aliphatic carbocycles. The van der Waals surface area contributed by atoms with E-state index in [0.717, 1.165) is 17.7 Å². The average Bonchev–Trinajstić information content (AvgIpc) is 2.39. The van der Waals surface area contributed by atoms with Gasteiger partial charge in [-0.3, -0.25) is 0 Å². The molecule has 0 saturated carbocycles. The van der Waals surface area contributed by atoms with Crippen molar-refractivity contribution in [2.45, 2.75) is 19.4 Å². The molecular formula is C16H19NO. The molecule has 2 rings (SSSR count). The van der Waals surface area contributed by atoms with E-state index in [9.17, 15) is 0 Å². The highest BCUT2D eigenvalue weighted by atomic mass is 16.5. The number of methoxy groups -OCH3 is 1. The van der Waals surface area contributed by atoms with E-state index < -0.39 is 0 Å². The number of aryl methyl sites for hydroxylation is 1. The summed E-state index contributed by atoms with van der Waals surface area (Å²) in [5.41, 5.74) is 9.89. The van der Waals surface area contributed by atoms with Crippen LogP contribution in [0.5, 0.6) is 5.75 Å². The topological polar surface area (TPSA) is 35.2 Å². The van der Waals surface area contributed by atoms with Crippen LogP contribution in [0.3, 0.4) is 0 Å². The lowest BCUT2D eigenvalue weighted by Crippen LogP contribution is -2.13. The molecule has 0 radical (unpaired) electrons. The molecule has 2 N–H and O–H groups in total. The summed E-state index contributed by atoms with van der Waals surface area (Å²) in [6.07, 6.45) is 0.842. The predicted molar refractivity (Wildman–Crippen MR) is 74.8 cm³/mol. The van der Waals surface area contributed by atoms with Gasteiger partial charge in [0.2, 0.25) is 0 Å². The fourth-order valence-electron chi connectivity index (χ4n) is 2.08. The van der Waals surface area contributed by atoms with Gasteiger partial charge in [-0.2, -0.15) is 0 Å². The second-order valence-electron chi connectivity index (χ2n) is 4.58. The van der Waals surface area contributed by atoms with Gasteiger partial charge in [0, 0.05) is 6.04 Å². The van der Waals surface area contributed by atoms with Crippen LogP contribution in [0.4, 0.5) is 0 Å². The normalized spacial score (nSPS) is 12.2. The second kappa shape index (κ2) is 5.69. The van der Waals surface area contributed by atoms with E-state index in [2.05, 4.69) is 31.2 Å². The van der Waals surface area contributed by atoms with Crippen LogP contribution in [0.15, 0.2) is 48.5 Å². The molecule has 0 aliphatic heterocycles. The van der Waals surface area contributed by atoms with Gasteiger partial charge in [-0.05, 0) is 36.6 Å². The number of ether oxygens (including phenoxy) is 1. The van der Waals surface area contributed by atoms with Crippen molar-refractivity contribution in [2.24, 2.45) is 5.73 Å². The Bertz CT molecular complexity index is 522. The number of benzene rings is 2. The second-order valence-corrected chi connectivity index (χ2v) is 4.58. The smallest absolute Gasteiger partial charge is 0.119 e. The standard InChI is InChI=1S/C16H19NO/c1-12-5-3-6-13(9-12)10-16(17)14-7-4-8-15(11-14)18-2/h3-9,11,16H,10,17H2,1-2H3. The Kier molecular flexibility index (Phi) is 4.00. The largest absolute Gasteiger partial charge is 0.497 e. The first kappa shape index (κ1) is 12.7. The van der Waals surface area contributed by atoms with Gasteiger partial charge >= 0.3 is 0 Å². The van der Waals surface area contributed by atoms with Crippen LogP contribution in [0, 0.1) is 6.92 Å². The third-order valence-electron chi connectivity index (χ3n) is 3.06. The van der Waals surface area contributed by atoms with Crippen LogP contribution >= 0.6 is 0 Å². The first-order chi connectivity index (χ1) is 8.69. The summed E-state index contributed by atoms with van der Waals surface area (Å²) in [6.45, 7) is 2.10. The van der Waals surface area contributed by atoms with E-state index in [4.69, 9.17) is 10.5 Å². The predicted octanol–water partition coefficient (Wildman–Crippen LogP) is 3.25. The molecule has 0 spiro atoms. The maximum atomic E-state index is 6.25. The number of rotatable bonds is 4. The molecule has 2 aromatic rings. The van der Waals surface area contributed by atoms with Crippen LogP contribution in [-0.2, 0) is 6.42 Å². The van der Waals surface area contributed by atoms with Crippen LogP contribution < -0.4 is 10.5 Å². The third-order valence-corrected chi connectivity index (χ3v) is 3.06. The van der Waals surface area contributed by atoms with E-state index in [0.29, 0.717) is 0 Å². The Hall–Kier alpha value is -1.80. The quantitative estimate of drug-likeness (QED) is 0.891. The Morgan fingerprint density at radius 3 is 2.61 bits per heavy atom. The molecule has 0 fully saturated rings. The maximum Gasteiger partial charge on any atom is 0.119 e. The van der Waals surface area contributed by atoms with Gasteiger partial charge in [-0.15, -0.1) is 0 Å². The molecule has 0 heterocycles. The number of hydrogen-bond acceptors (Lipinski definition) is 2. The third kappa shape index (κ3) is 3.11. The maximum absolute atomic E-state index is 6.25. The van der Waals surface area contributed by atoms with Gasteiger partial charge in [0.25, 0.3) is 0 Å². The number of nitrogens with two attached hydrogens (primary N) is 1. The molecule has 2 aromatic carbocycles. The van der Waals surface area contributed by atoms with Gasteiger partial charge in [0.15, 0.2) is 0 Å². The van der Waals surface area contributed by atoms with E-state index in [1.807, 2.05) is 24.3 Å². The highest BCUT2D eigenvalue weighted by Crippen LogP contribution is 2.20. The summed E-state index contributed by atoms with van der Waals surface area (Å²) in [5, 5.41) is 0. The molecule has 1 unspecified atom stereocenters. The van der Waals surface area contributed by atoms with Crippen molar-refractivity contribution >= 4 is 0 Å². The average molecular weight is 241 g/mol. The molecule has 1 atom stereocenters. The van der Waals surface area contributed by atoms with Gasteiger partial charge in [-0.1, -0.05) is 42.0 Å². The van der Waals surface area contributed by atoms with Crippen LogP contribution in [-0.4, -0.2) is 7.11 Å². The van der Waals surface area contributed by atoms with E-state index >= 15 is 0 Å². The summed E-state index contributed by atoms with van der Waals surface area (Å²) >= 11 is 0. The van der Waals surface area contributed by atoms with Crippen molar-refractivity contribution < 1.29 is 4.74 Å². The molecule has 0 aromatic heterocycles. The van der Waals surface area contributed by atoms with Gasteiger partial charge in [0.05, 0.1) is 7.11 Å². The Morgan fingerprint density at radius 1 is 1.11 bits per heavy atom. The zero-order valence-corrected chi connectivity index (χ0v) is 10.9. The van der Waals surface area contributed by atoms with Crippen LogP contribution in [0.2, 0.25) is 0 Å². The molecule has 0 aliphatic rings. The highest BCUT2D eigenvalue weighted by Gasteiger charge is 2.08. The first-order valence-electron chi connectivity index (χ1n) is 6.14. The molecular weight excluding hydrogens is 222 g/mol. The zero-order chi connectivity index (χ0) is 13.0. The van der Waals surface area contributed by atoms with Gasteiger partial charge in [-0.25, -0.2) is 0 Å². The molecule has 0 amide bonds. The van der Waals surface area contributed by atoms with Crippen molar-refractivity contribution in [2.75, 3.05) is 7.11 Å². The van der Waals surface area contributed by atoms with Gasteiger partial charge < -0.3 is 10.5 Å². The Balaban J connectivity index is 2.13. The molecule has 2 heteroatoms. The Labute approximate surface area is 108 Å². The zero-order valence-electron chi connectivity index (χ0n) is 10.9. The number of hydrogen-bond donors (Lipinski definition) is 1. The fourth-order valence-corrected chi connectivity index (χ4v) is 2.08. The fraction of sp³-hybridized carbons (Fsp3) is 0.250. The lowest BCUT2D eigenvalue weighted by atomic mass is 9.98. The van der Waals surface area contributed by atoms with Crippen molar-refractivity contribution in [1.29, 1.82) is 0 Å². The van der Waals surface area contributed by atoms with Gasteiger partial charge in [0.1, 0.15) is 5.75 Å². The SMILES string of the molecule is COc1cccc(C(N)Cc2cccc(C)c2)c1. The van der Waals surface area contributed by atoms with Crippen molar-refractivity contribution in [3.05, 3.63) is 65.2 Å². The molecule has 94 valence electrons. The molecule has 2 nitrogen and oxygen atoms in total. The van der Waals surface area contributed by atoms with Crippen LogP contribution in [0.1, 0.15) is 22.7 Å². The van der Waals surface area contributed by atoms with Crippen molar-refractivity contribution in [3.63, 3.8) is 0 Å². The summed E-state index contributed by atoms with van der Waals surface area (Å²) in [7, 11) is 1.67. The summed E-state index contributed by atoms with van der Waals surface area (Å²) in [6, 6.07) is 16.4. The lowest BCUT2D eigenvalue weighted by Gasteiger charge is -2.13. The first-order valence-corrected chi connectivity index (χ1v) is 6.14. The van der Waals surface area contributed by atoms with E-state index in [1.54, 1.807) is 7.11 Å².